The van der Waals surface area contributed by atoms with Crippen molar-refractivity contribution in [1.82, 2.24) is 9.97 Å². The van der Waals surface area contributed by atoms with Crippen LogP contribution in [0.3, 0.4) is 0 Å². The summed E-state index contributed by atoms with van der Waals surface area (Å²) in [5.74, 6) is 6.66. The molecule has 0 amide bonds. The second kappa shape index (κ2) is 5.68. The van der Waals surface area contributed by atoms with Crippen molar-refractivity contribution in [2.24, 2.45) is 5.84 Å². The molecule has 0 aromatic carbocycles. The van der Waals surface area contributed by atoms with Crippen LogP contribution < -0.4 is 16.6 Å². The van der Waals surface area contributed by atoms with Crippen molar-refractivity contribution >= 4 is 33.3 Å². The number of nitrogens with zero attached hydrogens (tertiary/aromatic N) is 2. The fraction of sp³-hybridized carbons (Fsp3) is 0.500. The first-order chi connectivity index (χ1) is 9.36. The van der Waals surface area contributed by atoms with Gasteiger partial charge in [-0.25, -0.2) is 10.8 Å². The molecule has 6 nitrogen and oxygen atoms in total. The first-order valence-electron chi connectivity index (χ1n) is 6.44. The molecule has 1 saturated heterocycles. The zero-order chi connectivity index (χ0) is 13.1. The van der Waals surface area contributed by atoms with Crippen LogP contribution in [0.25, 0.3) is 10.2 Å². The second-order valence-electron chi connectivity index (χ2n) is 4.53. The summed E-state index contributed by atoms with van der Waals surface area (Å²) in [6.45, 7) is 1.74. The van der Waals surface area contributed by atoms with E-state index in [9.17, 15) is 0 Å². The molecule has 0 saturated carbocycles. The van der Waals surface area contributed by atoms with Gasteiger partial charge in [0.15, 0.2) is 0 Å². The monoisotopic (exact) mass is 279 g/mol. The Hall–Kier alpha value is -1.44. The molecule has 7 heteroatoms. The number of ether oxygens (including phenoxy) is 1. The fourth-order valence-corrected chi connectivity index (χ4v) is 3.04. The summed E-state index contributed by atoms with van der Waals surface area (Å²) in [6.07, 6.45) is 3.73. The van der Waals surface area contributed by atoms with Gasteiger partial charge in [-0.3, -0.25) is 5.43 Å². The molecule has 1 aliphatic heterocycles. The van der Waals surface area contributed by atoms with Gasteiger partial charge >= 0.3 is 0 Å². The minimum Gasteiger partial charge on any atom is -0.378 e. The van der Waals surface area contributed by atoms with E-state index in [-0.39, 0.29) is 0 Å². The molecule has 1 atom stereocenters. The molecule has 0 bridgehead atoms. The van der Waals surface area contributed by atoms with Gasteiger partial charge in [0.2, 0.25) is 5.95 Å². The summed E-state index contributed by atoms with van der Waals surface area (Å²) in [7, 11) is 0. The lowest BCUT2D eigenvalue weighted by atomic mass is 10.2. The summed E-state index contributed by atoms with van der Waals surface area (Å²) in [5.41, 5.74) is 2.50. The first kappa shape index (κ1) is 12.6. The highest BCUT2D eigenvalue weighted by Crippen LogP contribution is 2.26. The van der Waals surface area contributed by atoms with E-state index in [1.54, 1.807) is 11.3 Å². The number of hydrogen-bond donors (Lipinski definition) is 3. The molecule has 0 radical (unpaired) electrons. The van der Waals surface area contributed by atoms with Gasteiger partial charge in [0.25, 0.3) is 0 Å². The minimum atomic E-state index is 0.388. The molecule has 4 N–H and O–H groups in total. The van der Waals surface area contributed by atoms with E-state index < -0.39 is 0 Å². The maximum Gasteiger partial charge on any atom is 0.240 e. The van der Waals surface area contributed by atoms with Gasteiger partial charge < -0.3 is 10.1 Å². The summed E-state index contributed by atoms with van der Waals surface area (Å²) in [6, 6.07) is 2.02. The van der Waals surface area contributed by atoms with Crippen LogP contribution >= 0.6 is 11.3 Å². The Kier molecular flexibility index (Phi) is 3.77. The number of rotatable bonds is 5. The highest BCUT2D eigenvalue weighted by Gasteiger charge is 2.15. The Balaban J connectivity index is 1.70. The van der Waals surface area contributed by atoms with Crippen LogP contribution in [0.4, 0.5) is 11.8 Å². The molecule has 1 fully saturated rings. The molecular weight excluding hydrogens is 262 g/mol. The van der Waals surface area contributed by atoms with Gasteiger partial charge in [0.05, 0.1) is 11.5 Å². The van der Waals surface area contributed by atoms with Crippen LogP contribution in [0.1, 0.15) is 19.3 Å². The standard InChI is InChI=1S/C12H17N5OS/c13-17-12-15-10(9-4-7-19-11(9)16-12)14-5-3-8-2-1-6-18-8/h4,7-8H,1-3,5-6,13H2,(H2,14,15,16,17). The van der Waals surface area contributed by atoms with Gasteiger partial charge in [-0.15, -0.1) is 11.3 Å². The predicted molar refractivity (Wildman–Crippen MR) is 77.3 cm³/mol. The third-order valence-corrected chi connectivity index (χ3v) is 4.04. The van der Waals surface area contributed by atoms with Crippen LogP contribution in [0.2, 0.25) is 0 Å². The van der Waals surface area contributed by atoms with Crippen LogP contribution in [0.15, 0.2) is 11.4 Å². The number of anilines is 2. The Morgan fingerprint density at radius 2 is 2.42 bits per heavy atom. The molecule has 2 aromatic rings. The quantitative estimate of drug-likeness (QED) is 0.573. The average Bonchev–Trinajstić information content (AvgIpc) is 3.08. The van der Waals surface area contributed by atoms with Crippen LogP contribution in [0, 0.1) is 0 Å². The number of nitrogens with one attached hydrogen (secondary N) is 2. The largest absolute Gasteiger partial charge is 0.378 e. The number of nitrogen functional groups attached to an aromatic ring is 1. The zero-order valence-corrected chi connectivity index (χ0v) is 11.4. The van der Waals surface area contributed by atoms with E-state index in [1.807, 2.05) is 11.4 Å². The van der Waals surface area contributed by atoms with Crippen molar-refractivity contribution in [3.05, 3.63) is 11.4 Å². The van der Waals surface area contributed by atoms with Crippen molar-refractivity contribution in [1.29, 1.82) is 0 Å². The lowest BCUT2D eigenvalue weighted by Gasteiger charge is -2.11. The number of hydrogen-bond acceptors (Lipinski definition) is 7. The topological polar surface area (TPSA) is 85.1 Å². The van der Waals surface area contributed by atoms with E-state index in [0.29, 0.717) is 12.1 Å². The van der Waals surface area contributed by atoms with Crippen molar-refractivity contribution in [2.75, 3.05) is 23.9 Å². The molecule has 2 aromatic heterocycles. The molecule has 3 heterocycles. The molecule has 0 spiro atoms. The van der Waals surface area contributed by atoms with Gasteiger partial charge in [0, 0.05) is 13.2 Å². The summed E-state index contributed by atoms with van der Waals surface area (Å²) in [4.78, 5) is 9.60. The maximum absolute atomic E-state index is 5.61. The van der Waals surface area contributed by atoms with Crippen LogP contribution in [-0.4, -0.2) is 29.2 Å². The van der Waals surface area contributed by atoms with Gasteiger partial charge in [0.1, 0.15) is 10.6 Å². The van der Waals surface area contributed by atoms with Crippen molar-refractivity contribution in [3.8, 4) is 0 Å². The van der Waals surface area contributed by atoms with Crippen molar-refractivity contribution in [3.63, 3.8) is 0 Å². The summed E-state index contributed by atoms with van der Waals surface area (Å²) in [5, 5.41) is 6.40. The molecule has 102 valence electrons. The second-order valence-corrected chi connectivity index (χ2v) is 5.42. The third-order valence-electron chi connectivity index (χ3n) is 3.24. The van der Waals surface area contributed by atoms with Crippen LogP contribution in [-0.2, 0) is 4.74 Å². The number of hydrazine groups is 1. The highest BCUT2D eigenvalue weighted by molar-refractivity contribution is 7.16. The highest BCUT2D eigenvalue weighted by atomic mass is 32.1. The predicted octanol–water partition coefficient (Wildman–Crippen LogP) is 1.96. The Morgan fingerprint density at radius 3 is 3.21 bits per heavy atom. The van der Waals surface area contributed by atoms with E-state index in [4.69, 9.17) is 10.6 Å². The normalized spacial score (nSPS) is 18.9. The lowest BCUT2D eigenvalue weighted by molar-refractivity contribution is 0.107. The number of fused-ring (bicyclic) bond motifs is 1. The van der Waals surface area contributed by atoms with Gasteiger partial charge in [-0.1, -0.05) is 0 Å². The maximum atomic E-state index is 5.61. The first-order valence-corrected chi connectivity index (χ1v) is 7.32. The summed E-state index contributed by atoms with van der Waals surface area (Å²) >= 11 is 1.58. The van der Waals surface area contributed by atoms with Gasteiger partial charge in [-0.05, 0) is 30.7 Å². The minimum absolute atomic E-state index is 0.388. The molecule has 0 aliphatic carbocycles. The lowest BCUT2D eigenvalue weighted by Crippen LogP contribution is -2.15. The number of thiophene rings is 1. The van der Waals surface area contributed by atoms with E-state index >= 15 is 0 Å². The Bertz CT molecular complexity index is 552. The molecule has 19 heavy (non-hydrogen) atoms. The molecular formula is C12H17N5OS. The Labute approximate surface area is 115 Å². The SMILES string of the molecule is NNc1nc(NCCC2CCCO2)c2ccsc2n1. The van der Waals surface area contributed by atoms with E-state index in [0.717, 1.165) is 42.0 Å². The van der Waals surface area contributed by atoms with E-state index in [2.05, 4.69) is 20.7 Å². The molecule has 3 rings (SSSR count). The van der Waals surface area contributed by atoms with Crippen molar-refractivity contribution < 1.29 is 4.74 Å². The third kappa shape index (κ3) is 2.78. The molecule has 1 unspecified atom stereocenters. The number of aromatic nitrogens is 2. The van der Waals surface area contributed by atoms with Gasteiger partial charge in [-0.2, -0.15) is 4.98 Å². The Morgan fingerprint density at radius 1 is 1.47 bits per heavy atom. The summed E-state index contributed by atoms with van der Waals surface area (Å²) < 4.78 is 5.61. The van der Waals surface area contributed by atoms with E-state index in [1.165, 1.54) is 6.42 Å². The molecule has 1 aliphatic rings. The van der Waals surface area contributed by atoms with Crippen LogP contribution in [0.5, 0.6) is 0 Å². The zero-order valence-electron chi connectivity index (χ0n) is 10.6. The smallest absolute Gasteiger partial charge is 0.240 e. The fourth-order valence-electron chi connectivity index (χ4n) is 2.28. The number of nitrogens with two attached hydrogens (primary N) is 1. The average molecular weight is 279 g/mol. The van der Waals surface area contributed by atoms with Crippen molar-refractivity contribution in [2.45, 2.75) is 25.4 Å².